The monoisotopic (exact) mass is 336 g/mol. The summed E-state index contributed by atoms with van der Waals surface area (Å²) in [7, 11) is -1.97. The summed E-state index contributed by atoms with van der Waals surface area (Å²) in [5, 5.41) is 17.0. The second kappa shape index (κ2) is 5.74. The van der Waals surface area contributed by atoms with Crippen molar-refractivity contribution in [3.63, 3.8) is 0 Å². The minimum atomic E-state index is -3.78. The van der Waals surface area contributed by atoms with Gasteiger partial charge in [-0.3, -0.25) is 4.68 Å². The van der Waals surface area contributed by atoms with E-state index in [1.54, 1.807) is 4.68 Å². The van der Waals surface area contributed by atoms with Crippen LogP contribution in [-0.2, 0) is 29.9 Å². The van der Waals surface area contributed by atoms with Crippen molar-refractivity contribution in [1.29, 1.82) is 0 Å². The van der Waals surface area contributed by atoms with E-state index in [0.29, 0.717) is 19.3 Å². The lowest BCUT2D eigenvalue weighted by molar-refractivity contribution is 0.0696. The summed E-state index contributed by atoms with van der Waals surface area (Å²) in [5.41, 5.74) is 1.76. The maximum absolute atomic E-state index is 12.4. The van der Waals surface area contributed by atoms with Gasteiger partial charge in [0.05, 0.1) is 21.8 Å². The zero-order valence-electron chi connectivity index (χ0n) is 12.4. The Morgan fingerprint density at radius 3 is 2.96 bits per heavy atom. The van der Waals surface area contributed by atoms with Crippen LogP contribution in [-0.4, -0.2) is 40.5 Å². The maximum atomic E-state index is 12.4. The predicted molar refractivity (Wildman–Crippen MR) is 80.5 cm³/mol. The zero-order chi connectivity index (χ0) is 16.6. The smallest absolute Gasteiger partial charge is 0.335 e. The number of rotatable bonds is 4. The van der Waals surface area contributed by atoms with Gasteiger partial charge in [-0.05, 0) is 31.0 Å². The lowest BCUT2D eigenvalue weighted by atomic mass is 9.97. The number of sulfonamides is 1. The molecular formula is C14H16N4O4S. The standard InChI is InChI=1S/C14H16N4O4S/c1-18-13-6-5-10(8-12(13)15-17-18)16-23(21,22)11-4-2-3-9(7-11)14(19)20/h2-4,7,10,16H,5-6,8H2,1H3,(H,19,20). The number of carbonyl (C=O) groups is 1. The fourth-order valence-corrected chi connectivity index (χ4v) is 4.03. The van der Waals surface area contributed by atoms with Crippen molar-refractivity contribution < 1.29 is 18.3 Å². The summed E-state index contributed by atoms with van der Waals surface area (Å²) in [6.45, 7) is 0. The molecule has 0 saturated carbocycles. The van der Waals surface area contributed by atoms with Gasteiger partial charge in [-0.25, -0.2) is 17.9 Å². The molecule has 3 rings (SSSR count). The Labute approximate surface area is 133 Å². The number of hydrogen-bond acceptors (Lipinski definition) is 5. The highest BCUT2D eigenvalue weighted by molar-refractivity contribution is 7.89. The third-order valence-corrected chi connectivity index (χ3v) is 5.42. The summed E-state index contributed by atoms with van der Waals surface area (Å²) in [4.78, 5) is 10.9. The van der Waals surface area contributed by atoms with Gasteiger partial charge in [-0.2, -0.15) is 0 Å². The fourth-order valence-electron chi connectivity index (χ4n) is 2.72. The van der Waals surface area contributed by atoms with Crippen molar-refractivity contribution in [1.82, 2.24) is 19.7 Å². The lowest BCUT2D eigenvalue weighted by Crippen LogP contribution is -2.39. The molecular weight excluding hydrogens is 320 g/mol. The van der Waals surface area contributed by atoms with Gasteiger partial charge < -0.3 is 5.11 Å². The van der Waals surface area contributed by atoms with Gasteiger partial charge in [-0.15, -0.1) is 5.10 Å². The molecule has 0 spiro atoms. The molecule has 0 bridgehead atoms. The van der Waals surface area contributed by atoms with Crippen molar-refractivity contribution in [2.75, 3.05) is 0 Å². The van der Waals surface area contributed by atoms with Crippen molar-refractivity contribution in [3.05, 3.63) is 41.2 Å². The van der Waals surface area contributed by atoms with Gasteiger partial charge in [0.15, 0.2) is 0 Å². The molecule has 23 heavy (non-hydrogen) atoms. The number of nitrogens with one attached hydrogen (secondary N) is 1. The number of aromatic carboxylic acids is 1. The second-order valence-electron chi connectivity index (χ2n) is 5.50. The number of carboxylic acids is 1. The molecule has 1 aliphatic carbocycles. The van der Waals surface area contributed by atoms with E-state index in [2.05, 4.69) is 15.0 Å². The Morgan fingerprint density at radius 1 is 1.43 bits per heavy atom. The van der Waals surface area contributed by atoms with Gasteiger partial charge in [0, 0.05) is 19.5 Å². The van der Waals surface area contributed by atoms with Crippen LogP contribution in [0.3, 0.4) is 0 Å². The lowest BCUT2D eigenvalue weighted by Gasteiger charge is -2.22. The average molecular weight is 336 g/mol. The van der Waals surface area contributed by atoms with Crippen LogP contribution in [0, 0.1) is 0 Å². The average Bonchev–Trinajstić information content (AvgIpc) is 2.88. The first-order chi connectivity index (χ1) is 10.9. The molecule has 1 aliphatic rings. The quantitative estimate of drug-likeness (QED) is 0.832. The number of carboxylic acid groups (broad SMARTS) is 1. The first-order valence-electron chi connectivity index (χ1n) is 7.10. The number of nitrogens with zero attached hydrogens (tertiary/aromatic N) is 3. The van der Waals surface area contributed by atoms with E-state index < -0.39 is 16.0 Å². The van der Waals surface area contributed by atoms with E-state index in [-0.39, 0.29) is 16.5 Å². The molecule has 1 unspecified atom stereocenters. The normalized spacial score (nSPS) is 17.7. The van der Waals surface area contributed by atoms with Crippen molar-refractivity contribution in [3.8, 4) is 0 Å². The molecule has 0 radical (unpaired) electrons. The highest BCUT2D eigenvalue weighted by atomic mass is 32.2. The van der Waals surface area contributed by atoms with Gasteiger partial charge in [-0.1, -0.05) is 11.3 Å². The fraction of sp³-hybridized carbons (Fsp3) is 0.357. The largest absolute Gasteiger partial charge is 0.478 e. The van der Waals surface area contributed by atoms with Gasteiger partial charge in [0.2, 0.25) is 10.0 Å². The Hall–Kier alpha value is -2.26. The van der Waals surface area contributed by atoms with Crippen LogP contribution in [0.2, 0.25) is 0 Å². The predicted octanol–water partition coefficient (Wildman–Crippen LogP) is 0.349. The molecule has 1 heterocycles. The highest BCUT2D eigenvalue weighted by Gasteiger charge is 2.27. The van der Waals surface area contributed by atoms with Crippen LogP contribution in [0.5, 0.6) is 0 Å². The molecule has 0 saturated heterocycles. The number of benzene rings is 1. The number of aryl methyl sites for hydroxylation is 1. The molecule has 2 aromatic rings. The number of hydrogen-bond donors (Lipinski definition) is 2. The molecule has 8 nitrogen and oxygen atoms in total. The first-order valence-corrected chi connectivity index (χ1v) is 8.58. The molecule has 0 aliphatic heterocycles. The highest BCUT2D eigenvalue weighted by Crippen LogP contribution is 2.20. The van der Waals surface area contributed by atoms with Gasteiger partial charge >= 0.3 is 5.97 Å². The van der Waals surface area contributed by atoms with Gasteiger partial charge in [0.25, 0.3) is 0 Å². The van der Waals surface area contributed by atoms with E-state index in [4.69, 9.17) is 5.11 Å². The third-order valence-electron chi connectivity index (χ3n) is 3.91. The third kappa shape index (κ3) is 3.10. The summed E-state index contributed by atoms with van der Waals surface area (Å²) in [5.74, 6) is -1.16. The number of aromatic nitrogens is 3. The topological polar surface area (TPSA) is 114 Å². The Bertz CT molecular complexity index is 859. The first kappa shape index (κ1) is 15.6. The van der Waals surface area contributed by atoms with Gasteiger partial charge in [0.1, 0.15) is 0 Å². The molecule has 2 N–H and O–H groups in total. The molecule has 1 atom stereocenters. The van der Waals surface area contributed by atoms with Crippen LogP contribution in [0.4, 0.5) is 0 Å². The van der Waals surface area contributed by atoms with E-state index in [9.17, 15) is 13.2 Å². The zero-order valence-corrected chi connectivity index (χ0v) is 13.2. The van der Waals surface area contributed by atoms with Crippen molar-refractivity contribution in [2.45, 2.75) is 30.2 Å². The summed E-state index contributed by atoms with van der Waals surface area (Å²) in [6, 6.07) is 5.03. The second-order valence-corrected chi connectivity index (χ2v) is 7.21. The van der Waals surface area contributed by atoms with Crippen molar-refractivity contribution >= 4 is 16.0 Å². The molecule has 1 aromatic heterocycles. The molecule has 0 amide bonds. The van der Waals surface area contributed by atoms with Crippen molar-refractivity contribution in [2.24, 2.45) is 7.05 Å². The van der Waals surface area contributed by atoms with Crippen LogP contribution in [0.1, 0.15) is 28.2 Å². The van der Waals surface area contributed by atoms with Crippen LogP contribution in [0.15, 0.2) is 29.2 Å². The summed E-state index contributed by atoms with van der Waals surface area (Å²) < 4.78 is 29.2. The Balaban J connectivity index is 1.80. The molecule has 1 aromatic carbocycles. The maximum Gasteiger partial charge on any atom is 0.335 e. The summed E-state index contributed by atoms with van der Waals surface area (Å²) in [6.07, 6.45) is 1.81. The molecule has 122 valence electrons. The van der Waals surface area contributed by atoms with Crippen LogP contribution >= 0.6 is 0 Å². The van der Waals surface area contributed by atoms with Crippen LogP contribution in [0.25, 0.3) is 0 Å². The van der Waals surface area contributed by atoms with E-state index >= 15 is 0 Å². The van der Waals surface area contributed by atoms with E-state index in [1.807, 2.05) is 7.05 Å². The Morgan fingerprint density at radius 2 is 2.22 bits per heavy atom. The SMILES string of the molecule is Cn1nnc2c1CCC(NS(=O)(=O)c1cccc(C(=O)O)c1)C2. The van der Waals surface area contributed by atoms with E-state index in [0.717, 1.165) is 17.5 Å². The number of fused-ring (bicyclic) bond motifs is 1. The Kier molecular flexibility index (Phi) is 3.90. The minimum absolute atomic E-state index is 0.0534. The van der Waals surface area contributed by atoms with E-state index in [1.165, 1.54) is 18.2 Å². The van der Waals surface area contributed by atoms with Crippen LogP contribution < -0.4 is 4.72 Å². The minimum Gasteiger partial charge on any atom is -0.478 e. The molecule has 9 heteroatoms. The molecule has 0 fully saturated rings. The summed E-state index contributed by atoms with van der Waals surface area (Å²) >= 11 is 0.